The van der Waals surface area contributed by atoms with E-state index in [2.05, 4.69) is 50.4 Å². The zero-order chi connectivity index (χ0) is 23.2. The standard InChI is InChI=1S/C26H32N8/c1-2-3-15-34-25(28-24(31-34)16-19-9-5-4-6-10-19)17-21-14-13-20(18-27-21)22-11-7-8-12-23(22)26-29-32-33-30-26/h7-8,11-14,18-19H,2-6,9-10,15-17H2,1H3,(H,29,30,32,33). The van der Waals surface area contributed by atoms with Crippen molar-refractivity contribution in [3.63, 3.8) is 0 Å². The minimum absolute atomic E-state index is 0.647. The maximum absolute atomic E-state index is 4.97. The van der Waals surface area contributed by atoms with E-state index in [4.69, 9.17) is 15.1 Å². The maximum atomic E-state index is 4.97. The van der Waals surface area contributed by atoms with E-state index in [1.54, 1.807) is 0 Å². The smallest absolute Gasteiger partial charge is 0.180 e. The first kappa shape index (κ1) is 22.4. The van der Waals surface area contributed by atoms with Gasteiger partial charge in [0, 0.05) is 42.4 Å². The number of aromatic amines is 1. The SMILES string of the molecule is CCCCn1nc(CC2CCCCC2)nc1Cc1ccc(-c2ccccc2-c2nnn[nH]2)cn1. The van der Waals surface area contributed by atoms with E-state index in [-0.39, 0.29) is 0 Å². The molecule has 5 rings (SSSR count). The molecule has 0 atom stereocenters. The molecule has 3 aromatic heterocycles. The third kappa shape index (κ3) is 5.21. The van der Waals surface area contributed by atoms with Crippen LogP contribution in [0.1, 0.15) is 69.2 Å². The van der Waals surface area contributed by atoms with Crippen LogP contribution in [0, 0.1) is 5.92 Å². The van der Waals surface area contributed by atoms with Gasteiger partial charge in [0.2, 0.25) is 0 Å². The molecule has 1 aliphatic carbocycles. The number of H-pyrrole nitrogens is 1. The second-order valence-electron chi connectivity index (χ2n) is 9.24. The zero-order valence-electron chi connectivity index (χ0n) is 19.8. The minimum Gasteiger partial charge on any atom is -0.260 e. The Labute approximate surface area is 200 Å². The number of rotatable bonds is 9. The molecule has 34 heavy (non-hydrogen) atoms. The second-order valence-corrected chi connectivity index (χ2v) is 9.24. The number of nitrogens with zero attached hydrogens (tertiary/aromatic N) is 7. The van der Waals surface area contributed by atoms with Gasteiger partial charge in [0.1, 0.15) is 5.82 Å². The molecule has 1 N–H and O–H groups in total. The van der Waals surface area contributed by atoms with E-state index >= 15 is 0 Å². The van der Waals surface area contributed by atoms with Crippen LogP contribution in [0.25, 0.3) is 22.5 Å². The summed E-state index contributed by atoms with van der Waals surface area (Å²) in [6.45, 7) is 3.13. The molecule has 1 saturated carbocycles. The van der Waals surface area contributed by atoms with Gasteiger partial charge in [-0.05, 0) is 34.4 Å². The van der Waals surface area contributed by atoms with Crippen LogP contribution in [-0.4, -0.2) is 40.4 Å². The fourth-order valence-corrected chi connectivity index (χ4v) is 4.84. The lowest BCUT2D eigenvalue weighted by molar-refractivity contribution is 0.351. The van der Waals surface area contributed by atoms with Crippen molar-refractivity contribution in [1.82, 2.24) is 40.4 Å². The quantitative estimate of drug-likeness (QED) is 0.379. The summed E-state index contributed by atoms with van der Waals surface area (Å²) in [7, 11) is 0. The van der Waals surface area contributed by atoms with Gasteiger partial charge < -0.3 is 0 Å². The molecule has 1 fully saturated rings. The van der Waals surface area contributed by atoms with Crippen LogP contribution in [0.2, 0.25) is 0 Å². The summed E-state index contributed by atoms with van der Waals surface area (Å²) in [6, 6.07) is 12.3. The Morgan fingerprint density at radius 2 is 1.88 bits per heavy atom. The number of tetrazole rings is 1. The summed E-state index contributed by atoms with van der Waals surface area (Å²) >= 11 is 0. The van der Waals surface area contributed by atoms with Crippen LogP contribution in [0.5, 0.6) is 0 Å². The monoisotopic (exact) mass is 456 g/mol. The fourth-order valence-electron chi connectivity index (χ4n) is 4.84. The average Bonchev–Trinajstić information content (AvgIpc) is 3.54. The Bertz CT molecular complexity index is 1170. The highest BCUT2D eigenvalue weighted by Gasteiger charge is 2.18. The van der Waals surface area contributed by atoms with Gasteiger partial charge in [-0.25, -0.2) is 14.8 Å². The van der Waals surface area contributed by atoms with Crippen molar-refractivity contribution in [3.05, 3.63) is 59.9 Å². The predicted molar refractivity (Wildman–Crippen MR) is 131 cm³/mol. The highest BCUT2D eigenvalue weighted by Crippen LogP contribution is 2.29. The van der Waals surface area contributed by atoms with Gasteiger partial charge in [-0.2, -0.15) is 5.10 Å². The number of hydrogen-bond acceptors (Lipinski definition) is 6. The number of aryl methyl sites for hydroxylation is 1. The summed E-state index contributed by atoms with van der Waals surface area (Å²) in [5.41, 5.74) is 4.02. The van der Waals surface area contributed by atoms with Crippen molar-refractivity contribution in [2.45, 2.75) is 71.3 Å². The highest BCUT2D eigenvalue weighted by atomic mass is 15.5. The van der Waals surface area contributed by atoms with Crippen LogP contribution in [-0.2, 0) is 19.4 Å². The number of hydrogen-bond donors (Lipinski definition) is 1. The lowest BCUT2D eigenvalue weighted by Gasteiger charge is -2.19. The number of benzene rings is 1. The molecule has 0 amide bonds. The van der Waals surface area contributed by atoms with Crippen molar-refractivity contribution in [2.24, 2.45) is 5.92 Å². The minimum atomic E-state index is 0.647. The van der Waals surface area contributed by atoms with E-state index in [0.29, 0.717) is 12.2 Å². The Balaban J connectivity index is 1.34. The molecule has 8 nitrogen and oxygen atoms in total. The van der Waals surface area contributed by atoms with Crippen LogP contribution in [0.3, 0.4) is 0 Å². The molecule has 0 saturated heterocycles. The van der Waals surface area contributed by atoms with E-state index in [0.717, 1.165) is 65.8 Å². The van der Waals surface area contributed by atoms with E-state index in [9.17, 15) is 0 Å². The van der Waals surface area contributed by atoms with Gasteiger partial charge in [-0.3, -0.25) is 4.98 Å². The summed E-state index contributed by atoms with van der Waals surface area (Å²) < 4.78 is 2.11. The van der Waals surface area contributed by atoms with E-state index < -0.39 is 0 Å². The summed E-state index contributed by atoms with van der Waals surface area (Å²) in [4.78, 5) is 9.74. The predicted octanol–water partition coefficient (Wildman–Crippen LogP) is 5.03. The van der Waals surface area contributed by atoms with E-state index in [1.165, 1.54) is 32.1 Å². The number of pyridine rings is 1. The third-order valence-electron chi connectivity index (χ3n) is 6.71. The highest BCUT2D eigenvalue weighted by molar-refractivity contribution is 5.79. The van der Waals surface area contributed by atoms with Crippen molar-refractivity contribution in [2.75, 3.05) is 0 Å². The molecular weight excluding hydrogens is 424 g/mol. The molecule has 0 unspecified atom stereocenters. The lowest BCUT2D eigenvalue weighted by atomic mass is 9.87. The van der Waals surface area contributed by atoms with Gasteiger partial charge in [-0.15, -0.1) is 5.10 Å². The molecule has 1 aromatic carbocycles. The van der Waals surface area contributed by atoms with Crippen LogP contribution >= 0.6 is 0 Å². The molecule has 4 aromatic rings. The van der Waals surface area contributed by atoms with Gasteiger partial charge in [0.25, 0.3) is 0 Å². The second kappa shape index (κ2) is 10.7. The molecule has 0 spiro atoms. The Morgan fingerprint density at radius 1 is 1.03 bits per heavy atom. The third-order valence-corrected chi connectivity index (χ3v) is 6.71. The molecule has 8 heteroatoms. The number of nitrogens with one attached hydrogen (secondary N) is 1. The van der Waals surface area contributed by atoms with Gasteiger partial charge in [0.05, 0.1) is 0 Å². The Hall–Kier alpha value is -3.42. The molecule has 0 bridgehead atoms. The number of aromatic nitrogens is 8. The van der Waals surface area contributed by atoms with E-state index in [1.807, 2.05) is 24.4 Å². The van der Waals surface area contributed by atoms with Crippen LogP contribution < -0.4 is 0 Å². The van der Waals surface area contributed by atoms with Crippen molar-refractivity contribution >= 4 is 0 Å². The maximum Gasteiger partial charge on any atom is 0.180 e. The summed E-state index contributed by atoms with van der Waals surface area (Å²) in [5.74, 6) is 3.41. The summed E-state index contributed by atoms with van der Waals surface area (Å²) in [5, 5.41) is 19.2. The van der Waals surface area contributed by atoms with Gasteiger partial charge in [-0.1, -0.05) is 75.8 Å². The molecule has 1 aliphatic rings. The first-order valence-corrected chi connectivity index (χ1v) is 12.5. The average molecular weight is 457 g/mol. The van der Waals surface area contributed by atoms with Crippen molar-refractivity contribution in [3.8, 4) is 22.5 Å². The van der Waals surface area contributed by atoms with Crippen LogP contribution in [0.4, 0.5) is 0 Å². The lowest BCUT2D eigenvalue weighted by Crippen LogP contribution is -2.10. The fraction of sp³-hybridized carbons (Fsp3) is 0.462. The Morgan fingerprint density at radius 3 is 2.62 bits per heavy atom. The van der Waals surface area contributed by atoms with Gasteiger partial charge in [0.15, 0.2) is 11.6 Å². The number of unbranched alkanes of at least 4 members (excludes halogenated alkanes) is 1. The first-order valence-electron chi connectivity index (χ1n) is 12.5. The molecule has 0 aliphatic heterocycles. The summed E-state index contributed by atoms with van der Waals surface area (Å²) in [6.07, 6.45) is 12.6. The topological polar surface area (TPSA) is 98.1 Å². The van der Waals surface area contributed by atoms with Crippen molar-refractivity contribution in [1.29, 1.82) is 0 Å². The molecule has 176 valence electrons. The van der Waals surface area contributed by atoms with Gasteiger partial charge >= 0.3 is 0 Å². The molecular formula is C26H32N8. The first-order chi connectivity index (χ1) is 16.8. The normalized spacial score (nSPS) is 14.5. The molecule has 0 radical (unpaired) electrons. The zero-order valence-corrected chi connectivity index (χ0v) is 19.8. The Kier molecular flexibility index (Phi) is 7.02. The largest absolute Gasteiger partial charge is 0.260 e. The molecule has 3 heterocycles. The van der Waals surface area contributed by atoms with Crippen LogP contribution in [0.15, 0.2) is 42.6 Å². The van der Waals surface area contributed by atoms with Crippen molar-refractivity contribution < 1.29 is 0 Å².